The Bertz CT molecular complexity index is 1190. The van der Waals surface area contributed by atoms with Crippen molar-refractivity contribution < 1.29 is 19.2 Å². The molecule has 4 amide bonds. The third-order valence-corrected chi connectivity index (χ3v) is 8.03. The minimum atomic E-state index is -0.176. The number of carbonyl (C=O) groups is 4. The van der Waals surface area contributed by atoms with Gasteiger partial charge in [0.15, 0.2) is 0 Å². The lowest BCUT2D eigenvalue weighted by atomic mass is 9.83. The lowest BCUT2D eigenvalue weighted by molar-refractivity contribution is -0.140. The van der Waals surface area contributed by atoms with Crippen molar-refractivity contribution >= 4 is 35.0 Å². The van der Waals surface area contributed by atoms with Crippen molar-refractivity contribution in [1.29, 1.82) is 0 Å². The minimum Gasteiger partial charge on any atom is -0.342 e. The molecule has 0 bridgehead atoms. The molecule has 1 heterocycles. The number of carbonyl (C=O) groups excluding carboxylic acids is 4. The molecule has 2 aromatic rings. The van der Waals surface area contributed by atoms with E-state index in [0.29, 0.717) is 48.9 Å². The zero-order chi connectivity index (χ0) is 26.6. The molecular weight excluding hydrogens is 480 g/mol. The van der Waals surface area contributed by atoms with Crippen molar-refractivity contribution in [2.24, 2.45) is 11.8 Å². The first kappa shape index (κ1) is 25.9. The fraction of sp³-hybridized carbons (Fsp3) is 0.467. The number of hydrogen-bond donors (Lipinski definition) is 2. The van der Waals surface area contributed by atoms with E-state index >= 15 is 0 Å². The van der Waals surface area contributed by atoms with Crippen molar-refractivity contribution in [3.8, 4) is 0 Å². The van der Waals surface area contributed by atoms with Gasteiger partial charge in [0.25, 0.3) is 5.91 Å². The van der Waals surface area contributed by atoms with Gasteiger partial charge in [0, 0.05) is 55.0 Å². The van der Waals surface area contributed by atoms with Crippen molar-refractivity contribution in [2.75, 3.05) is 30.8 Å². The van der Waals surface area contributed by atoms with E-state index in [1.807, 2.05) is 36.2 Å². The van der Waals surface area contributed by atoms with Crippen LogP contribution in [-0.4, -0.2) is 59.6 Å². The van der Waals surface area contributed by atoms with Crippen molar-refractivity contribution in [2.45, 2.75) is 57.4 Å². The van der Waals surface area contributed by atoms with Crippen LogP contribution in [0.25, 0.3) is 0 Å². The fourth-order valence-electron chi connectivity index (χ4n) is 5.18. The molecule has 1 aliphatic heterocycles. The highest BCUT2D eigenvalue weighted by atomic mass is 16.2. The van der Waals surface area contributed by atoms with E-state index < -0.39 is 0 Å². The normalized spacial score (nSPS) is 17.9. The molecule has 8 heteroatoms. The molecule has 38 heavy (non-hydrogen) atoms. The average Bonchev–Trinajstić information content (AvgIpc) is 3.74. The van der Waals surface area contributed by atoms with Crippen LogP contribution in [-0.2, 0) is 20.8 Å². The van der Waals surface area contributed by atoms with E-state index in [0.717, 1.165) is 37.7 Å². The summed E-state index contributed by atoms with van der Waals surface area (Å²) in [6.07, 6.45) is 6.80. The van der Waals surface area contributed by atoms with E-state index in [1.54, 1.807) is 29.2 Å². The summed E-state index contributed by atoms with van der Waals surface area (Å²) in [4.78, 5) is 54.1. The molecule has 8 nitrogen and oxygen atoms in total. The quantitative estimate of drug-likeness (QED) is 0.552. The Labute approximate surface area is 223 Å². The summed E-state index contributed by atoms with van der Waals surface area (Å²) in [5.74, 6) is 0.135. The zero-order valence-electron chi connectivity index (χ0n) is 21.9. The minimum absolute atomic E-state index is 0.0204. The topological polar surface area (TPSA) is 98.8 Å². The number of amides is 4. The maximum Gasteiger partial charge on any atom is 0.253 e. The van der Waals surface area contributed by atoms with Gasteiger partial charge in [0.2, 0.25) is 17.7 Å². The largest absolute Gasteiger partial charge is 0.342 e. The first-order chi connectivity index (χ1) is 18.4. The van der Waals surface area contributed by atoms with Crippen LogP contribution in [0.1, 0.15) is 60.9 Å². The van der Waals surface area contributed by atoms with E-state index in [2.05, 4.69) is 10.6 Å². The van der Waals surface area contributed by atoms with Gasteiger partial charge in [-0.15, -0.1) is 0 Å². The molecule has 0 aromatic heterocycles. The van der Waals surface area contributed by atoms with Crippen molar-refractivity contribution in [3.05, 3.63) is 59.7 Å². The van der Waals surface area contributed by atoms with Gasteiger partial charge in [-0.1, -0.05) is 24.6 Å². The monoisotopic (exact) mass is 516 g/mol. The molecule has 0 atom stereocenters. The summed E-state index contributed by atoms with van der Waals surface area (Å²) >= 11 is 0. The standard InChI is InChI=1S/C30H36N4O4/c1-33(26-12-13-26)29(37)23-6-3-7-25(19-23)31-27(35)18-20-8-10-24(11-9-20)32-28(36)21-14-16-34(17-15-21)30(38)22-4-2-5-22/h3,6-11,19,21-22,26H,2,4-5,12-18H2,1H3,(H,31,35)(H,32,36). The Kier molecular flexibility index (Phi) is 7.77. The highest BCUT2D eigenvalue weighted by molar-refractivity contribution is 5.98. The molecule has 3 fully saturated rings. The van der Waals surface area contributed by atoms with Gasteiger partial charge in [-0.25, -0.2) is 0 Å². The van der Waals surface area contributed by atoms with E-state index in [1.165, 1.54) is 0 Å². The summed E-state index contributed by atoms with van der Waals surface area (Å²) in [7, 11) is 1.82. The smallest absolute Gasteiger partial charge is 0.253 e. The molecule has 2 aliphatic carbocycles. The lowest BCUT2D eigenvalue weighted by Gasteiger charge is -2.36. The molecule has 2 N–H and O–H groups in total. The molecule has 3 aliphatic rings. The SMILES string of the molecule is CN(C(=O)c1cccc(NC(=O)Cc2ccc(NC(=O)C3CCN(C(=O)C4CCC4)CC3)cc2)c1)C1CC1. The van der Waals surface area contributed by atoms with Gasteiger partial charge in [-0.05, 0) is 74.4 Å². The Balaban J connectivity index is 1.08. The number of likely N-dealkylation sites (tertiary alicyclic amines) is 1. The number of nitrogens with zero attached hydrogens (tertiary/aromatic N) is 2. The molecule has 2 aromatic carbocycles. The van der Waals surface area contributed by atoms with Gasteiger partial charge >= 0.3 is 0 Å². The Morgan fingerprint density at radius 1 is 0.842 bits per heavy atom. The van der Waals surface area contributed by atoms with Crippen LogP contribution in [0.2, 0.25) is 0 Å². The van der Waals surface area contributed by atoms with Crippen LogP contribution in [0, 0.1) is 11.8 Å². The van der Waals surface area contributed by atoms with Crippen LogP contribution < -0.4 is 10.6 Å². The maximum atomic E-state index is 12.8. The van der Waals surface area contributed by atoms with Gasteiger partial charge in [0.05, 0.1) is 6.42 Å². The predicted molar refractivity (Wildman–Crippen MR) is 146 cm³/mol. The summed E-state index contributed by atoms with van der Waals surface area (Å²) in [6.45, 7) is 1.30. The molecule has 0 unspecified atom stereocenters. The second-order valence-corrected chi connectivity index (χ2v) is 10.9. The molecule has 2 saturated carbocycles. The predicted octanol–water partition coefficient (Wildman–Crippen LogP) is 4.08. The highest BCUT2D eigenvalue weighted by Crippen LogP contribution is 2.30. The molecular formula is C30H36N4O4. The number of piperidine rings is 1. The lowest BCUT2D eigenvalue weighted by Crippen LogP contribution is -2.45. The van der Waals surface area contributed by atoms with Crippen molar-refractivity contribution in [3.63, 3.8) is 0 Å². The van der Waals surface area contributed by atoms with E-state index in [-0.39, 0.29) is 41.9 Å². The maximum absolute atomic E-state index is 12.8. The second kappa shape index (κ2) is 11.4. The summed E-state index contributed by atoms with van der Waals surface area (Å²) < 4.78 is 0. The van der Waals surface area contributed by atoms with Crippen LogP contribution in [0.4, 0.5) is 11.4 Å². The average molecular weight is 517 g/mol. The Morgan fingerprint density at radius 3 is 2.18 bits per heavy atom. The Hall–Kier alpha value is -3.68. The second-order valence-electron chi connectivity index (χ2n) is 10.9. The fourth-order valence-corrected chi connectivity index (χ4v) is 5.18. The summed E-state index contributed by atoms with van der Waals surface area (Å²) in [5.41, 5.74) is 2.67. The molecule has 200 valence electrons. The van der Waals surface area contributed by atoms with Gasteiger partial charge in [-0.3, -0.25) is 19.2 Å². The number of anilines is 2. The van der Waals surface area contributed by atoms with E-state index in [9.17, 15) is 19.2 Å². The third kappa shape index (κ3) is 6.23. The summed E-state index contributed by atoms with van der Waals surface area (Å²) in [5, 5.41) is 5.86. The van der Waals surface area contributed by atoms with Crippen LogP contribution in [0.3, 0.4) is 0 Å². The zero-order valence-corrected chi connectivity index (χ0v) is 21.9. The van der Waals surface area contributed by atoms with Crippen molar-refractivity contribution in [1.82, 2.24) is 9.80 Å². The third-order valence-electron chi connectivity index (χ3n) is 8.03. The molecule has 0 spiro atoms. The van der Waals surface area contributed by atoms with Gasteiger partial charge < -0.3 is 20.4 Å². The highest BCUT2D eigenvalue weighted by Gasteiger charge is 2.33. The molecule has 1 saturated heterocycles. The summed E-state index contributed by atoms with van der Waals surface area (Å²) in [6, 6.07) is 14.6. The van der Waals surface area contributed by atoms with Crippen LogP contribution in [0.15, 0.2) is 48.5 Å². The first-order valence-corrected chi connectivity index (χ1v) is 13.7. The number of benzene rings is 2. The first-order valence-electron chi connectivity index (χ1n) is 13.7. The number of rotatable bonds is 8. The van der Waals surface area contributed by atoms with Gasteiger partial charge in [0.1, 0.15) is 0 Å². The van der Waals surface area contributed by atoms with Crippen LogP contribution >= 0.6 is 0 Å². The molecule has 0 radical (unpaired) electrons. The Morgan fingerprint density at radius 2 is 1.55 bits per heavy atom. The van der Waals surface area contributed by atoms with Gasteiger partial charge in [-0.2, -0.15) is 0 Å². The van der Waals surface area contributed by atoms with E-state index in [4.69, 9.17) is 0 Å². The molecule has 5 rings (SSSR count). The number of nitrogens with one attached hydrogen (secondary N) is 2. The van der Waals surface area contributed by atoms with Crippen LogP contribution in [0.5, 0.6) is 0 Å². The number of hydrogen-bond acceptors (Lipinski definition) is 4.